The number of aryl methyl sites for hydroxylation is 1. The van der Waals surface area contributed by atoms with Crippen LogP contribution in [0.2, 0.25) is 5.02 Å². The van der Waals surface area contributed by atoms with Gasteiger partial charge in [0.25, 0.3) is 5.91 Å². The Balaban J connectivity index is 1.55. The highest BCUT2D eigenvalue weighted by molar-refractivity contribution is 6.31. The second-order valence-electron chi connectivity index (χ2n) is 7.83. The average molecular weight is 432 g/mol. The molecule has 0 aliphatic heterocycles. The lowest BCUT2D eigenvalue weighted by Crippen LogP contribution is -2.61. The maximum atomic E-state index is 13.3. The molecule has 4 atom stereocenters. The molecule has 156 valence electrons. The van der Waals surface area contributed by atoms with Gasteiger partial charge < -0.3 is 15.0 Å². The largest absolute Gasteiger partial charge is 0.417 e. The van der Waals surface area contributed by atoms with E-state index in [4.69, 9.17) is 11.6 Å². The van der Waals surface area contributed by atoms with Crippen LogP contribution in [0.15, 0.2) is 24.5 Å². The summed E-state index contributed by atoms with van der Waals surface area (Å²) in [6, 6.07) is 3.74. The number of nitrogens with zero attached hydrogens (tertiary/aromatic N) is 2. The predicted octanol–water partition coefficient (Wildman–Crippen LogP) is 4.27. The van der Waals surface area contributed by atoms with Gasteiger partial charge >= 0.3 is 6.18 Å². The smallest absolute Gasteiger partial charge is 0.380 e. The summed E-state index contributed by atoms with van der Waals surface area (Å²) in [5, 5.41) is 12.5. The number of nitrogens with one attached hydrogen (secondary N) is 1. The molecule has 1 heterocycles. The zero-order chi connectivity index (χ0) is 21.1. The number of aliphatic hydroxyl groups is 1. The normalized spacial score (nSPS) is 28.7. The van der Waals surface area contributed by atoms with Crippen molar-refractivity contribution in [3.63, 3.8) is 0 Å². The number of hydrogen-bond donors (Lipinski definition) is 2. The maximum absolute atomic E-state index is 13.3. The standard InChI is InChI=1S/C19H18ClF4N3O2/c1-27-8-25-15(9-4-10-7-18(29,12(10)5-9)19(22,23)24)16(27)17(28)26-11-2-3-14(21)13(20)6-11/h2-3,6,8-10,12,29H,4-5,7H2,1H3,(H,26,28). The van der Waals surface area contributed by atoms with E-state index in [0.29, 0.717) is 12.1 Å². The summed E-state index contributed by atoms with van der Waals surface area (Å²) in [5.74, 6) is -2.64. The van der Waals surface area contributed by atoms with Crippen molar-refractivity contribution in [2.45, 2.75) is 37.0 Å². The van der Waals surface area contributed by atoms with Gasteiger partial charge in [-0.05, 0) is 43.4 Å². The van der Waals surface area contributed by atoms with Gasteiger partial charge in [0.2, 0.25) is 0 Å². The lowest BCUT2D eigenvalue weighted by atomic mass is 9.62. The minimum atomic E-state index is -4.67. The molecule has 4 rings (SSSR count). The minimum Gasteiger partial charge on any atom is -0.380 e. The van der Waals surface area contributed by atoms with E-state index in [2.05, 4.69) is 10.3 Å². The number of fused-ring (bicyclic) bond motifs is 1. The number of benzene rings is 1. The highest BCUT2D eigenvalue weighted by atomic mass is 35.5. The van der Waals surface area contributed by atoms with Crippen LogP contribution in [0.4, 0.5) is 23.2 Å². The van der Waals surface area contributed by atoms with Gasteiger partial charge in [0, 0.05) is 24.6 Å². The van der Waals surface area contributed by atoms with E-state index in [-0.39, 0.29) is 41.1 Å². The predicted molar refractivity (Wildman–Crippen MR) is 97.1 cm³/mol. The summed E-state index contributed by atoms with van der Waals surface area (Å²) in [6.45, 7) is 0. The summed E-state index contributed by atoms with van der Waals surface area (Å²) in [7, 11) is 1.61. The fourth-order valence-electron chi connectivity index (χ4n) is 4.66. The molecule has 2 saturated carbocycles. The third kappa shape index (κ3) is 3.20. The highest BCUT2D eigenvalue weighted by Gasteiger charge is 2.69. The number of carbonyl (C=O) groups is 1. The Bertz CT molecular complexity index is 977. The molecule has 0 saturated heterocycles. The summed E-state index contributed by atoms with van der Waals surface area (Å²) >= 11 is 5.73. The van der Waals surface area contributed by atoms with E-state index in [1.807, 2.05) is 0 Å². The van der Waals surface area contributed by atoms with Crippen molar-refractivity contribution in [2.75, 3.05) is 5.32 Å². The molecule has 0 spiro atoms. The van der Waals surface area contributed by atoms with Crippen molar-refractivity contribution in [1.82, 2.24) is 9.55 Å². The first-order valence-electron chi connectivity index (χ1n) is 9.08. The van der Waals surface area contributed by atoms with Gasteiger partial charge in [-0.2, -0.15) is 13.2 Å². The van der Waals surface area contributed by atoms with Gasteiger partial charge in [0.1, 0.15) is 11.5 Å². The van der Waals surface area contributed by atoms with Gasteiger partial charge in [-0.3, -0.25) is 4.79 Å². The number of imidazole rings is 1. The minimum absolute atomic E-state index is 0.111. The van der Waals surface area contributed by atoms with E-state index in [0.717, 1.165) is 6.07 Å². The number of rotatable bonds is 3. The fourth-order valence-corrected chi connectivity index (χ4v) is 4.84. The Labute approximate surface area is 168 Å². The molecule has 5 nitrogen and oxygen atoms in total. The first-order chi connectivity index (χ1) is 13.5. The Morgan fingerprint density at radius 1 is 1.38 bits per heavy atom. The van der Waals surface area contributed by atoms with Crippen LogP contribution in [-0.4, -0.2) is 32.3 Å². The van der Waals surface area contributed by atoms with Crippen LogP contribution >= 0.6 is 11.6 Å². The highest BCUT2D eigenvalue weighted by Crippen LogP contribution is 2.62. The number of carbonyl (C=O) groups excluding carboxylic acids is 1. The molecule has 10 heteroatoms. The Hall–Kier alpha value is -2.13. The molecule has 0 radical (unpaired) electrons. The van der Waals surface area contributed by atoms with E-state index < -0.39 is 29.4 Å². The molecule has 4 unspecified atom stereocenters. The van der Waals surface area contributed by atoms with Gasteiger partial charge in [0.05, 0.1) is 17.0 Å². The Morgan fingerprint density at radius 3 is 2.76 bits per heavy atom. The van der Waals surface area contributed by atoms with Crippen LogP contribution in [0.3, 0.4) is 0 Å². The van der Waals surface area contributed by atoms with E-state index in [9.17, 15) is 27.5 Å². The van der Waals surface area contributed by atoms with Crippen molar-refractivity contribution < 1.29 is 27.5 Å². The molecule has 0 bridgehead atoms. The van der Waals surface area contributed by atoms with Crippen molar-refractivity contribution in [2.24, 2.45) is 18.9 Å². The first kappa shape index (κ1) is 20.2. The first-order valence-corrected chi connectivity index (χ1v) is 9.45. The molecule has 2 aliphatic rings. The van der Waals surface area contributed by atoms with Crippen LogP contribution in [0.5, 0.6) is 0 Å². The molecular weight excluding hydrogens is 414 g/mol. The lowest BCUT2D eigenvalue weighted by Gasteiger charge is -2.49. The molecule has 2 N–H and O–H groups in total. The van der Waals surface area contributed by atoms with Gasteiger partial charge in [-0.25, -0.2) is 9.37 Å². The van der Waals surface area contributed by atoms with Gasteiger partial charge in [0.15, 0.2) is 5.60 Å². The number of alkyl halides is 3. The quantitative estimate of drug-likeness (QED) is 0.713. The van der Waals surface area contributed by atoms with Crippen molar-refractivity contribution in [3.05, 3.63) is 46.8 Å². The molecule has 1 aromatic carbocycles. The molecule has 1 amide bonds. The van der Waals surface area contributed by atoms with Crippen molar-refractivity contribution in [3.8, 4) is 0 Å². The summed E-state index contributed by atoms with van der Waals surface area (Å²) in [6.07, 6.45) is -3.02. The summed E-state index contributed by atoms with van der Waals surface area (Å²) < 4.78 is 54.4. The van der Waals surface area contributed by atoms with Crippen LogP contribution in [0.1, 0.15) is 41.4 Å². The molecule has 2 fully saturated rings. The topological polar surface area (TPSA) is 67.1 Å². The maximum Gasteiger partial charge on any atom is 0.417 e. The zero-order valence-corrected chi connectivity index (χ0v) is 16.1. The lowest BCUT2D eigenvalue weighted by molar-refractivity contribution is -0.321. The van der Waals surface area contributed by atoms with Crippen molar-refractivity contribution >= 4 is 23.2 Å². The van der Waals surface area contributed by atoms with Crippen LogP contribution < -0.4 is 5.32 Å². The number of hydrogen-bond acceptors (Lipinski definition) is 3. The zero-order valence-electron chi connectivity index (χ0n) is 15.3. The Morgan fingerprint density at radius 2 is 2.10 bits per heavy atom. The van der Waals surface area contributed by atoms with Gasteiger partial charge in [-0.1, -0.05) is 11.6 Å². The van der Waals surface area contributed by atoms with Gasteiger partial charge in [-0.15, -0.1) is 0 Å². The fraction of sp³-hybridized carbons (Fsp3) is 0.474. The number of amides is 1. The second-order valence-corrected chi connectivity index (χ2v) is 8.24. The molecular formula is C19H18ClF4N3O2. The third-order valence-electron chi connectivity index (χ3n) is 6.12. The number of halogens is 5. The number of anilines is 1. The van der Waals surface area contributed by atoms with Crippen molar-refractivity contribution in [1.29, 1.82) is 0 Å². The monoisotopic (exact) mass is 431 g/mol. The summed E-state index contributed by atoms with van der Waals surface area (Å²) in [4.78, 5) is 17.0. The summed E-state index contributed by atoms with van der Waals surface area (Å²) in [5.41, 5.74) is -1.76. The van der Waals surface area contributed by atoms with Crippen LogP contribution in [0, 0.1) is 17.7 Å². The average Bonchev–Trinajstić information content (AvgIpc) is 3.17. The molecule has 29 heavy (non-hydrogen) atoms. The van der Waals surface area contributed by atoms with Crippen LogP contribution in [0.25, 0.3) is 0 Å². The molecule has 2 aliphatic carbocycles. The third-order valence-corrected chi connectivity index (χ3v) is 6.41. The van der Waals surface area contributed by atoms with E-state index >= 15 is 0 Å². The SMILES string of the molecule is Cn1cnc(C2CC3CC(O)(C(F)(F)F)C3C2)c1C(=O)Nc1ccc(F)c(Cl)c1. The van der Waals surface area contributed by atoms with Crippen LogP contribution in [-0.2, 0) is 7.05 Å². The Kier molecular flexibility index (Phi) is 4.66. The molecule has 2 aromatic rings. The molecule has 1 aromatic heterocycles. The van der Waals surface area contributed by atoms with E-state index in [1.165, 1.54) is 23.0 Å². The number of aromatic nitrogens is 2. The second kappa shape index (κ2) is 6.70. The van der Waals surface area contributed by atoms with E-state index in [1.54, 1.807) is 7.05 Å².